The largest absolute Gasteiger partial charge is 0.464 e. The first-order valence-corrected chi connectivity index (χ1v) is 6.40. The number of benzene rings is 1. The van der Waals surface area contributed by atoms with E-state index in [0.29, 0.717) is 6.20 Å². The van der Waals surface area contributed by atoms with E-state index in [-0.39, 0.29) is 18.3 Å². The molecule has 1 heterocycles. The lowest BCUT2D eigenvalue weighted by Gasteiger charge is -2.22. The summed E-state index contributed by atoms with van der Waals surface area (Å²) in [5.41, 5.74) is -1.10. The second-order valence-electron chi connectivity index (χ2n) is 4.33. The van der Waals surface area contributed by atoms with Crippen LogP contribution in [0.3, 0.4) is 0 Å². The minimum absolute atomic E-state index is 0.0332. The van der Waals surface area contributed by atoms with Gasteiger partial charge in [0.15, 0.2) is 5.82 Å². The molecule has 8 heteroatoms. The van der Waals surface area contributed by atoms with E-state index in [4.69, 9.17) is 4.74 Å². The molecule has 0 radical (unpaired) electrons. The predicted molar refractivity (Wildman–Crippen MR) is 72.7 cm³/mol. The average Bonchev–Trinajstić information content (AvgIpc) is 2.46. The number of hydrogen-bond donors (Lipinski definition) is 0. The van der Waals surface area contributed by atoms with Gasteiger partial charge < -0.3 is 9.64 Å². The van der Waals surface area contributed by atoms with Gasteiger partial charge in [-0.15, -0.1) is 0 Å². The maximum atomic E-state index is 13.8. The van der Waals surface area contributed by atoms with E-state index in [2.05, 4.69) is 9.97 Å². The van der Waals surface area contributed by atoms with Crippen LogP contribution in [-0.2, 0) is 6.18 Å². The van der Waals surface area contributed by atoms with Crippen LogP contribution in [-0.4, -0.2) is 23.6 Å². The van der Waals surface area contributed by atoms with Crippen molar-refractivity contribution in [3.63, 3.8) is 0 Å². The van der Waals surface area contributed by atoms with Crippen LogP contribution in [0.5, 0.6) is 6.01 Å². The molecule has 2 aromatic rings. The van der Waals surface area contributed by atoms with Gasteiger partial charge in [0, 0.05) is 13.2 Å². The van der Waals surface area contributed by atoms with Gasteiger partial charge in [-0.1, -0.05) is 12.1 Å². The van der Waals surface area contributed by atoms with Crippen LogP contribution in [0.4, 0.5) is 29.1 Å². The van der Waals surface area contributed by atoms with Crippen molar-refractivity contribution < 1.29 is 22.3 Å². The quantitative estimate of drug-likeness (QED) is 0.804. The van der Waals surface area contributed by atoms with E-state index >= 15 is 0 Å². The molecule has 0 unspecified atom stereocenters. The molecule has 0 bridgehead atoms. The summed E-state index contributed by atoms with van der Waals surface area (Å²) < 4.78 is 58.1. The number of ether oxygens (including phenoxy) is 1. The van der Waals surface area contributed by atoms with Crippen molar-refractivity contribution in [1.82, 2.24) is 9.97 Å². The highest BCUT2D eigenvalue weighted by molar-refractivity contribution is 5.63. The monoisotopic (exact) mass is 315 g/mol. The molecule has 0 aliphatic rings. The van der Waals surface area contributed by atoms with E-state index in [1.807, 2.05) is 0 Å². The molecule has 0 fully saturated rings. The Balaban J connectivity index is 2.55. The van der Waals surface area contributed by atoms with E-state index in [0.717, 1.165) is 11.0 Å². The number of rotatable bonds is 4. The summed E-state index contributed by atoms with van der Waals surface area (Å²) in [5, 5.41) is 0. The molecular weight excluding hydrogens is 302 g/mol. The van der Waals surface area contributed by atoms with Crippen LogP contribution >= 0.6 is 0 Å². The van der Waals surface area contributed by atoms with Gasteiger partial charge in [-0.3, -0.25) is 0 Å². The van der Waals surface area contributed by atoms with Crippen LogP contribution in [0.15, 0.2) is 30.5 Å². The molecule has 0 spiro atoms. The Morgan fingerprint density at radius 1 is 1.23 bits per heavy atom. The first-order valence-electron chi connectivity index (χ1n) is 6.40. The molecule has 0 amide bonds. The lowest BCUT2D eigenvalue weighted by Crippen LogP contribution is -2.20. The predicted octanol–water partition coefficient (Wildman–Crippen LogP) is 3.80. The molecule has 0 saturated carbocycles. The second-order valence-corrected chi connectivity index (χ2v) is 4.33. The summed E-state index contributed by atoms with van der Waals surface area (Å²) in [6, 6.07) is 5.28. The molecule has 1 aromatic carbocycles. The Kier molecular flexibility index (Phi) is 4.48. The van der Waals surface area contributed by atoms with Crippen LogP contribution < -0.4 is 9.64 Å². The van der Waals surface area contributed by atoms with Gasteiger partial charge in [-0.05, 0) is 19.1 Å². The maximum Gasteiger partial charge on any atom is 0.421 e. The molecule has 22 heavy (non-hydrogen) atoms. The van der Waals surface area contributed by atoms with Crippen LogP contribution in [0.1, 0.15) is 12.5 Å². The van der Waals surface area contributed by atoms with Gasteiger partial charge in [0.2, 0.25) is 0 Å². The molecular formula is C14H13F4N3O. The number of hydrogen-bond acceptors (Lipinski definition) is 4. The summed E-state index contributed by atoms with van der Waals surface area (Å²) in [6.45, 7) is 1.86. The van der Waals surface area contributed by atoms with Crippen molar-refractivity contribution in [1.29, 1.82) is 0 Å². The smallest absolute Gasteiger partial charge is 0.421 e. The fourth-order valence-corrected chi connectivity index (χ4v) is 1.85. The first kappa shape index (κ1) is 16.0. The zero-order valence-electron chi connectivity index (χ0n) is 11.9. The van der Waals surface area contributed by atoms with Gasteiger partial charge in [-0.2, -0.15) is 18.2 Å². The van der Waals surface area contributed by atoms with E-state index in [1.165, 1.54) is 25.2 Å². The molecule has 0 aliphatic carbocycles. The minimum Gasteiger partial charge on any atom is -0.464 e. The number of alkyl halides is 3. The number of anilines is 2. The zero-order valence-corrected chi connectivity index (χ0v) is 11.9. The highest BCUT2D eigenvalue weighted by atomic mass is 19.4. The second kappa shape index (κ2) is 6.17. The van der Waals surface area contributed by atoms with Crippen molar-refractivity contribution in [3.05, 3.63) is 41.8 Å². The number of nitrogens with zero attached hydrogens (tertiary/aromatic N) is 3. The lowest BCUT2D eigenvalue weighted by molar-refractivity contribution is -0.137. The van der Waals surface area contributed by atoms with Gasteiger partial charge in [-0.25, -0.2) is 9.37 Å². The fourth-order valence-electron chi connectivity index (χ4n) is 1.85. The number of para-hydroxylation sites is 1. The SMILES string of the molecule is CCOc1ncc(C(F)(F)F)c(N(C)c2ccccc2F)n1. The molecule has 1 aromatic heterocycles. The number of halogens is 4. The Labute approximate surface area is 124 Å². The number of aromatic nitrogens is 2. The van der Waals surface area contributed by atoms with Crippen LogP contribution in [0.2, 0.25) is 0 Å². The first-order chi connectivity index (χ1) is 10.3. The Hall–Kier alpha value is -2.38. The van der Waals surface area contributed by atoms with Crippen molar-refractivity contribution in [2.24, 2.45) is 0 Å². The summed E-state index contributed by atoms with van der Waals surface area (Å²) in [4.78, 5) is 8.29. The molecule has 0 N–H and O–H groups in total. The molecule has 118 valence electrons. The topological polar surface area (TPSA) is 38.2 Å². The summed E-state index contributed by atoms with van der Waals surface area (Å²) in [6.07, 6.45) is -4.04. The van der Waals surface area contributed by atoms with Gasteiger partial charge in [0.1, 0.15) is 11.4 Å². The third-order valence-corrected chi connectivity index (χ3v) is 2.86. The minimum atomic E-state index is -4.67. The highest BCUT2D eigenvalue weighted by Crippen LogP contribution is 2.38. The van der Waals surface area contributed by atoms with Crippen molar-refractivity contribution in [3.8, 4) is 6.01 Å². The maximum absolute atomic E-state index is 13.8. The Morgan fingerprint density at radius 2 is 1.91 bits per heavy atom. The van der Waals surface area contributed by atoms with Crippen molar-refractivity contribution >= 4 is 11.5 Å². The lowest BCUT2D eigenvalue weighted by atomic mass is 10.2. The van der Waals surface area contributed by atoms with Crippen LogP contribution in [0, 0.1) is 5.82 Å². The third-order valence-electron chi connectivity index (χ3n) is 2.86. The summed E-state index contributed by atoms with van der Waals surface area (Å²) in [5.74, 6) is -1.13. The zero-order chi connectivity index (χ0) is 16.3. The Bertz CT molecular complexity index is 661. The van der Waals surface area contributed by atoms with E-state index in [1.54, 1.807) is 6.92 Å². The van der Waals surface area contributed by atoms with Gasteiger partial charge >= 0.3 is 12.2 Å². The third kappa shape index (κ3) is 3.26. The average molecular weight is 315 g/mol. The standard InChI is InChI=1S/C14H13F4N3O/c1-3-22-13-19-8-9(14(16,17)18)12(20-13)21(2)11-7-5-4-6-10(11)15/h4-8H,3H2,1-2H3. The Morgan fingerprint density at radius 3 is 2.50 bits per heavy atom. The summed E-state index contributed by atoms with van der Waals surface area (Å²) in [7, 11) is 1.30. The van der Waals surface area contributed by atoms with Gasteiger partial charge in [0.05, 0.1) is 12.3 Å². The van der Waals surface area contributed by atoms with Crippen molar-refractivity contribution in [2.45, 2.75) is 13.1 Å². The van der Waals surface area contributed by atoms with Crippen molar-refractivity contribution in [2.75, 3.05) is 18.6 Å². The molecule has 4 nitrogen and oxygen atoms in total. The fraction of sp³-hybridized carbons (Fsp3) is 0.286. The highest BCUT2D eigenvalue weighted by Gasteiger charge is 2.37. The van der Waals surface area contributed by atoms with Gasteiger partial charge in [0.25, 0.3) is 0 Å². The molecule has 0 atom stereocenters. The van der Waals surface area contributed by atoms with Crippen LogP contribution in [0.25, 0.3) is 0 Å². The van der Waals surface area contributed by atoms with E-state index in [9.17, 15) is 17.6 Å². The molecule has 2 rings (SSSR count). The summed E-state index contributed by atoms with van der Waals surface area (Å²) >= 11 is 0. The van der Waals surface area contributed by atoms with E-state index < -0.39 is 23.4 Å². The normalized spacial score (nSPS) is 11.4. The molecule has 0 aliphatic heterocycles. The molecule has 0 saturated heterocycles.